The summed E-state index contributed by atoms with van der Waals surface area (Å²) in [6.07, 6.45) is 0.480. The largest absolute Gasteiger partial charge is 0.503 e. The number of hydrogen-bond donors (Lipinski definition) is 1. The van der Waals surface area contributed by atoms with E-state index in [4.69, 9.17) is 23.9 Å². The second-order valence-corrected chi connectivity index (χ2v) is 10.8. The molecule has 9 heteroatoms. The molecule has 0 spiro atoms. The third-order valence-corrected chi connectivity index (χ3v) is 7.71. The zero-order valence-electron chi connectivity index (χ0n) is 23.0. The van der Waals surface area contributed by atoms with Gasteiger partial charge in [-0.3, -0.25) is 9.79 Å². The quantitative estimate of drug-likeness (QED) is 0.366. The van der Waals surface area contributed by atoms with Crippen molar-refractivity contribution in [3.8, 4) is 23.0 Å². The normalized spacial score (nSPS) is 20.9. The van der Waals surface area contributed by atoms with E-state index in [1.807, 2.05) is 25.1 Å². The minimum atomic E-state index is -0.647. The summed E-state index contributed by atoms with van der Waals surface area (Å²) in [5, 5.41) is 10.5. The maximum Gasteiger partial charge on any atom is 0.336 e. The van der Waals surface area contributed by atoms with Gasteiger partial charge in [0, 0.05) is 23.7 Å². The maximum absolute atomic E-state index is 13.9. The molecule has 2 aromatic rings. The number of methoxy groups -OCH3 is 2. The highest BCUT2D eigenvalue weighted by molar-refractivity contribution is 9.10. The van der Waals surface area contributed by atoms with Gasteiger partial charge in [-0.1, -0.05) is 6.07 Å². The highest BCUT2D eigenvalue weighted by atomic mass is 79.9. The van der Waals surface area contributed by atoms with Gasteiger partial charge in [0.15, 0.2) is 23.0 Å². The van der Waals surface area contributed by atoms with Gasteiger partial charge < -0.3 is 24.1 Å². The lowest BCUT2D eigenvalue weighted by molar-refractivity contribution is -0.143. The second-order valence-electron chi connectivity index (χ2n) is 9.98. The maximum atomic E-state index is 13.9. The number of fused-ring (bicyclic) bond motifs is 1. The van der Waals surface area contributed by atoms with Crippen molar-refractivity contribution >= 4 is 33.4 Å². The van der Waals surface area contributed by atoms with Crippen LogP contribution in [0.2, 0.25) is 0 Å². The van der Waals surface area contributed by atoms with Gasteiger partial charge in [-0.25, -0.2) is 4.79 Å². The molecule has 39 heavy (non-hydrogen) atoms. The number of ether oxygens (including phenoxy) is 4. The van der Waals surface area contributed by atoms with Gasteiger partial charge in [0.2, 0.25) is 0 Å². The number of rotatable bonds is 8. The molecule has 3 atom stereocenters. The van der Waals surface area contributed by atoms with Crippen LogP contribution in [0, 0.1) is 5.92 Å². The first-order valence-corrected chi connectivity index (χ1v) is 13.8. The fraction of sp³-hybridized carbons (Fsp3) is 0.433. The van der Waals surface area contributed by atoms with Gasteiger partial charge in [0.1, 0.15) is 5.78 Å². The Bertz CT molecular complexity index is 1350. The first kappa shape index (κ1) is 28.7. The van der Waals surface area contributed by atoms with Crippen LogP contribution in [0.3, 0.4) is 0 Å². The number of phenols is 1. The molecule has 0 saturated heterocycles. The number of phenolic OH excluding ortho intramolecular Hbond substituents is 1. The number of allylic oxidation sites excluding steroid dienone is 1. The van der Waals surface area contributed by atoms with Crippen LogP contribution in [-0.4, -0.2) is 49.5 Å². The predicted molar refractivity (Wildman–Crippen MR) is 151 cm³/mol. The van der Waals surface area contributed by atoms with Crippen molar-refractivity contribution in [2.45, 2.75) is 58.5 Å². The third-order valence-electron chi connectivity index (χ3n) is 7.11. The molecule has 1 aliphatic heterocycles. The van der Waals surface area contributed by atoms with Crippen LogP contribution in [0.5, 0.6) is 23.0 Å². The van der Waals surface area contributed by atoms with Gasteiger partial charge in [-0.15, -0.1) is 0 Å². The minimum absolute atomic E-state index is 0.0192. The van der Waals surface area contributed by atoms with Gasteiger partial charge in [0.05, 0.1) is 42.9 Å². The zero-order chi connectivity index (χ0) is 28.4. The van der Waals surface area contributed by atoms with E-state index in [9.17, 15) is 14.7 Å². The summed E-state index contributed by atoms with van der Waals surface area (Å²) in [6.45, 7) is 7.50. The van der Waals surface area contributed by atoms with Crippen molar-refractivity contribution in [1.82, 2.24) is 0 Å². The second kappa shape index (κ2) is 11.8. The smallest absolute Gasteiger partial charge is 0.336 e. The molecule has 0 bridgehead atoms. The fourth-order valence-corrected chi connectivity index (χ4v) is 5.92. The standard InChI is InChI=1S/C30H34BrNO7/c1-7-38-25-14-19(10-20(31)29(25)34)27-26(30(35)39-15(2)3)16(4)32-21-11-18(12-22(33)28(21)27)17-8-9-23(36-5)24(13-17)37-6/h8-10,13-15,18,27-28,34H,7,11-12H2,1-6H3/t18-,27+,28?/m1/s1. The number of halogens is 1. The SMILES string of the molecule is CCOc1cc([C@H]2C(C(=O)OC(C)C)=C(C)N=C3C[C@@H](c4ccc(OC)c(OC)c4)CC(=O)C32)cc(Br)c1O. The predicted octanol–water partition coefficient (Wildman–Crippen LogP) is 6.10. The van der Waals surface area contributed by atoms with E-state index >= 15 is 0 Å². The summed E-state index contributed by atoms with van der Waals surface area (Å²) >= 11 is 3.41. The summed E-state index contributed by atoms with van der Waals surface area (Å²) in [5.74, 6) is -0.472. The lowest BCUT2D eigenvalue weighted by Crippen LogP contribution is -2.41. The van der Waals surface area contributed by atoms with E-state index in [0.717, 1.165) is 11.3 Å². The molecule has 1 aliphatic carbocycles. The first-order chi connectivity index (χ1) is 18.6. The molecule has 1 saturated carbocycles. The summed E-state index contributed by atoms with van der Waals surface area (Å²) in [7, 11) is 3.16. The number of benzene rings is 2. The lowest BCUT2D eigenvalue weighted by atomic mass is 9.66. The van der Waals surface area contributed by atoms with Crippen molar-refractivity contribution in [3.05, 3.63) is 57.2 Å². The molecule has 1 heterocycles. The van der Waals surface area contributed by atoms with E-state index in [-0.39, 0.29) is 35.7 Å². The molecule has 208 valence electrons. The number of ketones is 1. The Labute approximate surface area is 237 Å². The molecular formula is C30H34BrNO7. The highest BCUT2D eigenvalue weighted by Gasteiger charge is 2.46. The number of Topliss-reactive ketones (excluding diaryl/α,β-unsaturated/α-hetero) is 1. The van der Waals surface area contributed by atoms with E-state index in [1.54, 1.807) is 47.1 Å². The van der Waals surface area contributed by atoms with E-state index in [0.29, 0.717) is 45.8 Å². The summed E-state index contributed by atoms with van der Waals surface area (Å²) < 4.78 is 22.5. The highest BCUT2D eigenvalue weighted by Crippen LogP contribution is 2.49. The fourth-order valence-electron chi connectivity index (χ4n) is 5.46. The topological polar surface area (TPSA) is 104 Å². The summed E-state index contributed by atoms with van der Waals surface area (Å²) in [4.78, 5) is 32.1. The number of hydrogen-bond acceptors (Lipinski definition) is 8. The van der Waals surface area contributed by atoms with E-state index in [1.165, 1.54) is 0 Å². The number of carbonyl (C=O) groups is 2. The Morgan fingerprint density at radius 1 is 1.05 bits per heavy atom. The number of nitrogens with zero attached hydrogens (tertiary/aromatic N) is 1. The molecule has 1 unspecified atom stereocenters. The average molecular weight is 601 g/mol. The van der Waals surface area contributed by atoms with Crippen LogP contribution in [0.1, 0.15) is 63.5 Å². The molecule has 2 aromatic carbocycles. The Morgan fingerprint density at radius 3 is 2.38 bits per heavy atom. The van der Waals surface area contributed by atoms with Gasteiger partial charge in [0.25, 0.3) is 0 Å². The molecule has 0 aromatic heterocycles. The molecule has 0 radical (unpaired) electrons. The molecule has 8 nitrogen and oxygen atoms in total. The van der Waals surface area contributed by atoms with Crippen molar-refractivity contribution in [1.29, 1.82) is 0 Å². The van der Waals surface area contributed by atoms with E-state index < -0.39 is 17.8 Å². The average Bonchev–Trinajstić information content (AvgIpc) is 2.89. The number of esters is 1. The van der Waals surface area contributed by atoms with Crippen molar-refractivity contribution in [2.75, 3.05) is 20.8 Å². The van der Waals surface area contributed by atoms with Crippen molar-refractivity contribution < 1.29 is 33.6 Å². The molecular weight excluding hydrogens is 566 g/mol. The Balaban J connectivity index is 1.82. The molecule has 0 amide bonds. The van der Waals surface area contributed by atoms with Gasteiger partial charge in [-0.05, 0) is 91.4 Å². The Hall–Kier alpha value is -3.33. The number of aliphatic imine (C=N–C) groups is 1. The van der Waals surface area contributed by atoms with Crippen molar-refractivity contribution in [3.63, 3.8) is 0 Å². The van der Waals surface area contributed by atoms with E-state index in [2.05, 4.69) is 15.9 Å². The Kier molecular flexibility index (Phi) is 8.69. The lowest BCUT2D eigenvalue weighted by Gasteiger charge is -2.38. The molecule has 1 N–H and O–H groups in total. The third kappa shape index (κ3) is 5.69. The van der Waals surface area contributed by atoms with Crippen LogP contribution in [0.15, 0.2) is 51.1 Å². The minimum Gasteiger partial charge on any atom is -0.503 e. The van der Waals surface area contributed by atoms with Crippen molar-refractivity contribution in [2.24, 2.45) is 10.9 Å². The first-order valence-electron chi connectivity index (χ1n) is 13.0. The van der Waals surface area contributed by atoms with Crippen LogP contribution in [0.4, 0.5) is 0 Å². The summed E-state index contributed by atoms with van der Waals surface area (Å²) in [5.41, 5.74) is 3.19. The van der Waals surface area contributed by atoms with Crippen LogP contribution in [-0.2, 0) is 14.3 Å². The Morgan fingerprint density at radius 2 is 1.74 bits per heavy atom. The molecule has 4 rings (SSSR count). The van der Waals surface area contributed by atoms with Gasteiger partial charge >= 0.3 is 5.97 Å². The monoisotopic (exact) mass is 599 g/mol. The zero-order valence-corrected chi connectivity index (χ0v) is 24.6. The summed E-state index contributed by atoms with van der Waals surface area (Å²) in [6, 6.07) is 9.11. The van der Waals surface area contributed by atoms with Crippen LogP contribution in [0.25, 0.3) is 0 Å². The number of carbonyl (C=O) groups excluding carboxylic acids is 2. The van der Waals surface area contributed by atoms with Crippen LogP contribution >= 0.6 is 15.9 Å². The molecule has 1 fully saturated rings. The van der Waals surface area contributed by atoms with Gasteiger partial charge in [-0.2, -0.15) is 0 Å². The van der Waals surface area contributed by atoms with Crippen LogP contribution < -0.4 is 14.2 Å². The number of aromatic hydroxyl groups is 1. The molecule has 2 aliphatic rings.